The van der Waals surface area contributed by atoms with E-state index in [9.17, 15) is 9.59 Å². The molecule has 3 rings (SSSR count). The predicted octanol–water partition coefficient (Wildman–Crippen LogP) is 2.23. The number of nitrogens with zero attached hydrogens (tertiary/aromatic N) is 2. The summed E-state index contributed by atoms with van der Waals surface area (Å²) >= 11 is 0. The van der Waals surface area contributed by atoms with Crippen molar-refractivity contribution in [1.82, 2.24) is 14.9 Å². The number of hydrogen-bond donors (Lipinski definition) is 1. The normalized spacial score (nSPS) is 10.3. The van der Waals surface area contributed by atoms with Gasteiger partial charge in [-0.1, -0.05) is 18.2 Å². The summed E-state index contributed by atoms with van der Waals surface area (Å²) in [5.41, 5.74) is -0.115. The highest BCUT2D eigenvalue weighted by Crippen LogP contribution is 2.12. The van der Waals surface area contributed by atoms with Gasteiger partial charge in [-0.3, -0.25) is 4.79 Å². The molecule has 2 aromatic heterocycles. The minimum atomic E-state index is -0.620. The molecule has 0 aliphatic heterocycles. The number of halogens is 1. The van der Waals surface area contributed by atoms with Gasteiger partial charge in [0, 0.05) is 30.9 Å². The molecule has 120 valence electrons. The third-order valence-electron chi connectivity index (χ3n) is 3.32. The van der Waals surface area contributed by atoms with E-state index in [1.54, 1.807) is 36.8 Å². The van der Waals surface area contributed by atoms with Crippen molar-refractivity contribution in [3.63, 3.8) is 0 Å². The van der Waals surface area contributed by atoms with Gasteiger partial charge in [0.05, 0.1) is 6.33 Å². The van der Waals surface area contributed by atoms with Crippen molar-refractivity contribution in [3.8, 4) is 0 Å². The fraction of sp³-hybridized carbons (Fsp3) is 0.188. The third-order valence-corrected chi connectivity index (χ3v) is 3.32. The molecule has 0 radical (unpaired) electrons. The van der Waals surface area contributed by atoms with E-state index < -0.39 is 11.5 Å². The van der Waals surface area contributed by atoms with E-state index in [4.69, 9.17) is 4.42 Å². The number of imidazole rings is 1. The van der Waals surface area contributed by atoms with E-state index in [-0.39, 0.29) is 18.0 Å². The summed E-state index contributed by atoms with van der Waals surface area (Å²) in [5, 5.41) is 3.46. The molecule has 1 aromatic carbocycles. The van der Waals surface area contributed by atoms with E-state index in [1.807, 2.05) is 16.8 Å². The average molecular weight is 334 g/mol. The average Bonchev–Trinajstić information content (AvgIpc) is 3.04. The summed E-state index contributed by atoms with van der Waals surface area (Å²) in [7, 11) is 0. The second-order valence-electron chi connectivity index (χ2n) is 4.90. The maximum absolute atomic E-state index is 12.1. The van der Waals surface area contributed by atoms with Crippen LogP contribution in [0.25, 0.3) is 11.0 Å². The number of benzene rings is 1. The van der Waals surface area contributed by atoms with Crippen molar-refractivity contribution in [2.75, 3.05) is 6.54 Å². The lowest BCUT2D eigenvalue weighted by molar-refractivity contribution is 0.0949. The second-order valence-corrected chi connectivity index (χ2v) is 4.90. The molecule has 0 unspecified atom stereocenters. The number of aromatic nitrogens is 2. The first-order valence-electron chi connectivity index (χ1n) is 7.01. The van der Waals surface area contributed by atoms with Crippen LogP contribution >= 0.6 is 12.4 Å². The van der Waals surface area contributed by atoms with Crippen LogP contribution in [-0.2, 0) is 6.54 Å². The molecule has 0 aliphatic rings. The fourth-order valence-electron chi connectivity index (χ4n) is 2.20. The molecule has 0 fully saturated rings. The van der Waals surface area contributed by atoms with Crippen LogP contribution in [0.2, 0.25) is 0 Å². The molecule has 0 spiro atoms. The predicted molar refractivity (Wildman–Crippen MR) is 88.9 cm³/mol. The van der Waals surface area contributed by atoms with Gasteiger partial charge in [0.1, 0.15) is 11.1 Å². The van der Waals surface area contributed by atoms with Gasteiger partial charge in [-0.25, -0.2) is 9.78 Å². The molecule has 1 amide bonds. The summed E-state index contributed by atoms with van der Waals surface area (Å²) in [6, 6.07) is 8.67. The standard InChI is InChI=1S/C16H15N3O3.ClH/c20-15(18-6-3-8-19-9-7-17-11-19)13-10-12-4-1-2-5-14(12)22-16(13)21;/h1-2,4-5,7,9-11H,3,6,8H2,(H,18,20);1H. The summed E-state index contributed by atoms with van der Waals surface area (Å²) in [4.78, 5) is 27.9. The molecule has 0 bridgehead atoms. The van der Waals surface area contributed by atoms with Gasteiger partial charge in [0.15, 0.2) is 0 Å². The zero-order chi connectivity index (χ0) is 15.4. The zero-order valence-electron chi connectivity index (χ0n) is 12.3. The minimum Gasteiger partial charge on any atom is -0.422 e. The molecule has 7 heteroatoms. The third kappa shape index (κ3) is 3.98. The summed E-state index contributed by atoms with van der Waals surface area (Å²) < 4.78 is 7.08. The highest BCUT2D eigenvalue weighted by Gasteiger charge is 2.12. The van der Waals surface area contributed by atoms with Crippen LogP contribution in [-0.4, -0.2) is 22.0 Å². The summed E-state index contributed by atoms with van der Waals surface area (Å²) in [6.45, 7) is 1.23. The van der Waals surface area contributed by atoms with Gasteiger partial charge in [0.25, 0.3) is 5.91 Å². The van der Waals surface area contributed by atoms with E-state index in [0.717, 1.165) is 18.4 Å². The first-order valence-corrected chi connectivity index (χ1v) is 7.01. The van der Waals surface area contributed by atoms with Crippen LogP contribution in [0.1, 0.15) is 16.8 Å². The highest BCUT2D eigenvalue weighted by atomic mass is 35.5. The van der Waals surface area contributed by atoms with E-state index in [0.29, 0.717) is 12.1 Å². The van der Waals surface area contributed by atoms with Crippen molar-refractivity contribution < 1.29 is 9.21 Å². The zero-order valence-corrected chi connectivity index (χ0v) is 13.1. The highest BCUT2D eigenvalue weighted by molar-refractivity contribution is 5.96. The Morgan fingerprint density at radius 2 is 2.13 bits per heavy atom. The van der Waals surface area contributed by atoms with Crippen LogP contribution in [0.4, 0.5) is 0 Å². The van der Waals surface area contributed by atoms with Gasteiger partial charge >= 0.3 is 5.63 Å². The van der Waals surface area contributed by atoms with E-state index in [2.05, 4.69) is 10.3 Å². The quantitative estimate of drug-likeness (QED) is 0.574. The Labute approximate surface area is 138 Å². The van der Waals surface area contributed by atoms with Crippen molar-refractivity contribution in [3.05, 3.63) is 65.0 Å². The van der Waals surface area contributed by atoms with Crippen LogP contribution in [0, 0.1) is 0 Å². The van der Waals surface area contributed by atoms with Crippen LogP contribution in [0.3, 0.4) is 0 Å². The number of rotatable bonds is 5. The largest absolute Gasteiger partial charge is 0.422 e. The SMILES string of the molecule is Cl.O=C(NCCCn1ccnc1)c1cc2ccccc2oc1=O. The first kappa shape index (κ1) is 16.8. The maximum atomic E-state index is 12.1. The number of carbonyl (C=O) groups is 1. The van der Waals surface area contributed by atoms with Gasteiger partial charge in [-0.15, -0.1) is 12.4 Å². The lowest BCUT2D eigenvalue weighted by Crippen LogP contribution is -2.29. The van der Waals surface area contributed by atoms with Gasteiger partial charge in [0.2, 0.25) is 0 Å². The van der Waals surface area contributed by atoms with Crippen molar-refractivity contribution in [2.24, 2.45) is 0 Å². The smallest absolute Gasteiger partial charge is 0.349 e. The molecular formula is C16H16ClN3O3. The molecule has 6 nitrogen and oxygen atoms in total. The van der Waals surface area contributed by atoms with Crippen LogP contribution < -0.4 is 10.9 Å². The molecule has 2 heterocycles. The number of para-hydroxylation sites is 1. The van der Waals surface area contributed by atoms with E-state index in [1.165, 1.54) is 0 Å². The maximum Gasteiger partial charge on any atom is 0.349 e. The van der Waals surface area contributed by atoms with Crippen LogP contribution in [0.15, 0.2) is 58.3 Å². The Morgan fingerprint density at radius 3 is 2.91 bits per heavy atom. The Bertz CT molecular complexity index is 843. The second kappa shape index (κ2) is 7.60. The van der Waals surface area contributed by atoms with Gasteiger partial charge < -0.3 is 14.3 Å². The summed E-state index contributed by atoms with van der Waals surface area (Å²) in [5.74, 6) is -0.412. The molecule has 23 heavy (non-hydrogen) atoms. The Morgan fingerprint density at radius 1 is 1.30 bits per heavy atom. The van der Waals surface area contributed by atoms with Gasteiger partial charge in [-0.05, 0) is 18.6 Å². The van der Waals surface area contributed by atoms with Crippen LogP contribution in [0.5, 0.6) is 0 Å². The minimum absolute atomic E-state index is 0. The molecule has 1 N–H and O–H groups in total. The number of amides is 1. The number of carbonyl (C=O) groups excluding carboxylic acids is 1. The molecule has 0 saturated heterocycles. The lowest BCUT2D eigenvalue weighted by atomic mass is 10.2. The number of aryl methyl sites for hydroxylation is 1. The molecule has 0 aliphatic carbocycles. The molecular weight excluding hydrogens is 318 g/mol. The molecule has 0 saturated carbocycles. The van der Waals surface area contributed by atoms with Crippen molar-refractivity contribution in [1.29, 1.82) is 0 Å². The topological polar surface area (TPSA) is 77.1 Å². The number of fused-ring (bicyclic) bond motifs is 1. The van der Waals surface area contributed by atoms with E-state index >= 15 is 0 Å². The lowest BCUT2D eigenvalue weighted by Gasteiger charge is -2.05. The fourth-order valence-corrected chi connectivity index (χ4v) is 2.20. The van der Waals surface area contributed by atoms with Crippen molar-refractivity contribution in [2.45, 2.75) is 13.0 Å². The van der Waals surface area contributed by atoms with Crippen molar-refractivity contribution >= 4 is 29.3 Å². The van der Waals surface area contributed by atoms with Gasteiger partial charge in [-0.2, -0.15) is 0 Å². The Balaban J connectivity index is 0.00000192. The monoisotopic (exact) mass is 333 g/mol. The Kier molecular flexibility index (Phi) is 5.54. The number of hydrogen-bond acceptors (Lipinski definition) is 4. The molecule has 3 aromatic rings. The first-order chi connectivity index (χ1) is 10.7. The molecule has 0 atom stereocenters. The summed E-state index contributed by atoms with van der Waals surface area (Å²) in [6.07, 6.45) is 6.04. The number of nitrogens with one attached hydrogen (secondary N) is 1. The Hall–Kier alpha value is -2.60.